The number of aromatic amines is 1. The number of rotatable bonds is 19. The van der Waals surface area contributed by atoms with Crippen LogP contribution in [0.25, 0.3) is 45.0 Å². The van der Waals surface area contributed by atoms with E-state index in [4.69, 9.17) is 97.3 Å². The minimum absolute atomic E-state index is 0.127. The average Bonchev–Trinajstić information content (AvgIpc) is 1.52. The van der Waals surface area contributed by atoms with Gasteiger partial charge in [0.2, 0.25) is 11.8 Å². The molecule has 618 valence electrons. The Morgan fingerprint density at radius 2 is 0.694 bits per heavy atom. The number of amides is 8. The molecule has 8 heterocycles. The van der Waals surface area contributed by atoms with Gasteiger partial charge in [-0.05, 0) is 194 Å². The molecule has 0 spiro atoms. The van der Waals surface area contributed by atoms with E-state index in [9.17, 15) is 38.4 Å². The number of hydrogen-bond donors (Lipinski definition) is 9. The number of carbonyl (C=O) groups excluding carboxylic acids is 8. The summed E-state index contributed by atoms with van der Waals surface area (Å²) in [6.07, 6.45) is 13.9. The van der Waals surface area contributed by atoms with Crippen LogP contribution in [0.2, 0.25) is 40.2 Å². The summed E-state index contributed by atoms with van der Waals surface area (Å²) in [6.45, 7) is 0.687. The van der Waals surface area contributed by atoms with E-state index < -0.39 is 41.4 Å². The lowest BCUT2D eigenvalue weighted by Crippen LogP contribution is -2.27. The number of nitrogens with zero attached hydrogens (tertiary/aromatic N) is 10. The summed E-state index contributed by atoms with van der Waals surface area (Å²) in [5, 5.41) is 33.0. The van der Waals surface area contributed by atoms with Crippen molar-refractivity contribution in [2.75, 3.05) is 49.6 Å². The maximum absolute atomic E-state index is 12.8. The first-order valence-corrected chi connectivity index (χ1v) is 40.5. The van der Waals surface area contributed by atoms with Crippen LogP contribution in [0.3, 0.4) is 0 Å². The number of aromatic nitrogens is 10. The van der Waals surface area contributed by atoms with Gasteiger partial charge in [0.05, 0.1) is 98.0 Å². The average molecular weight is 1830 g/mol. The van der Waals surface area contributed by atoms with Gasteiger partial charge in [-0.2, -0.15) is 0 Å². The van der Waals surface area contributed by atoms with Crippen molar-refractivity contribution in [1.29, 1.82) is 0 Å². The van der Waals surface area contributed by atoms with Crippen LogP contribution in [0.4, 0.5) is 34.6 Å². The van der Waals surface area contributed by atoms with E-state index in [1.165, 1.54) is 114 Å². The summed E-state index contributed by atoms with van der Waals surface area (Å²) in [4.78, 5) is 128. The van der Waals surface area contributed by atoms with Crippen LogP contribution in [-0.4, -0.2) is 115 Å². The zero-order valence-electron chi connectivity index (χ0n) is 63.6. The highest BCUT2D eigenvalue weighted by Crippen LogP contribution is 2.36. The number of H-pyrrole nitrogens is 1. The summed E-state index contributed by atoms with van der Waals surface area (Å²) >= 11 is 51.7. The molecule has 15 aromatic rings. The Kier molecular flexibility index (Phi) is 29.8. The number of thioether (sulfide) groups is 1. The molecule has 8 amide bonds. The molecule has 0 aliphatic carbocycles. The van der Waals surface area contributed by atoms with Crippen molar-refractivity contribution in [3.63, 3.8) is 0 Å². The van der Waals surface area contributed by atoms with Gasteiger partial charge in [-0.25, -0.2) is 9.66 Å². The molecular weight excluding hydrogens is 1770 g/mol. The summed E-state index contributed by atoms with van der Waals surface area (Å²) in [7, 11) is 0. The van der Waals surface area contributed by atoms with Gasteiger partial charge in [-0.1, -0.05) is 134 Å². The number of imidazole rings is 1. The third kappa shape index (κ3) is 23.4. The number of anilines is 6. The molecule has 0 saturated heterocycles. The first-order valence-electron chi connectivity index (χ1n) is 36.5. The smallest absolute Gasteiger partial charge is 0.270 e. The Labute approximate surface area is 748 Å². The SMILES string of the molecule is O=C(NC1=NCCS1)c1ccc(C(=O)Nc2ccc(Cl)c(-c3ccccn3)c2)c(Cl)c1.O=C(Nc1ccno1)c1ccc(C(=O)Nc2ccc(Cl)c(-c3ccccn3)c2)c(Cl)c1.O=C(Nc1ncc[nH]1)c1ccc(C(=O)Nc2ccc(Cl)c(-c3ccccn3)c2)c(Cl)c1.O=C(Nn1cnnc1)c1ccc(C(=O)Nc2ccc(Cl)c(-c3ccccn3)c2)c(Cl)c1. The van der Waals surface area contributed by atoms with Crippen molar-refractivity contribution in [2.24, 2.45) is 4.99 Å². The molecule has 0 fully saturated rings. The number of carbonyl (C=O) groups is 8. The molecule has 37 heteroatoms. The maximum atomic E-state index is 12.8. The minimum Gasteiger partial charge on any atom is -0.338 e. The fourth-order valence-electron chi connectivity index (χ4n) is 11.4. The van der Waals surface area contributed by atoms with E-state index in [-0.39, 0.29) is 65.3 Å². The van der Waals surface area contributed by atoms with E-state index in [0.29, 0.717) is 117 Å². The number of benzene rings is 8. The number of amidine groups is 1. The van der Waals surface area contributed by atoms with E-state index in [2.05, 4.69) is 92.9 Å². The number of pyridine rings is 4. The Bertz CT molecular complexity index is 6010. The quantitative estimate of drug-likeness (QED) is 0.0363. The van der Waals surface area contributed by atoms with Crippen LogP contribution >= 0.6 is 105 Å². The second-order valence-corrected chi connectivity index (χ2v) is 30.1. The summed E-state index contributed by atoms with van der Waals surface area (Å²) in [6, 6.07) is 61.7. The highest BCUT2D eigenvalue weighted by atomic mass is 35.5. The lowest BCUT2D eigenvalue weighted by Gasteiger charge is -2.11. The molecule has 1 aliphatic rings. The lowest BCUT2D eigenvalue weighted by molar-refractivity contribution is 0.0972. The summed E-state index contributed by atoms with van der Waals surface area (Å²) in [5.41, 5.74) is 12.3. The van der Waals surface area contributed by atoms with Crippen molar-refractivity contribution in [3.05, 3.63) is 365 Å². The van der Waals surface area contributed by atoms with Crippen LogP contribution in [0.1, 0.15) is 82.9 Å². The van der Waals surface area contributed by atoms with E-state index in [1.54, 1.807) is 122 Å². The third-order valence-corrected chi connectivity index (χ3v) is 20.9. The standard InChI is InChI=1S/C22H15Cl2N5O2.C22H14Cl2N4O3.C22H16Cl2N4O2S.C21H14Cl2N6O2/c23-17-7-5-14(12-16(17)19-3-1-2-8-25-19)28-21(31)15-6-4-13(11-18(15)24)20(30)29-22-26-9-10-27-22;23-17-7-5-14(12-16(17)19-3-1-2-9-25-19)27-22(30)15-6-4-13(11-18(15)24)21(29)28-20-8-10-26-31-20;23-17-7-5-14(12-16(17)19-3-1-2-8-25-19)27-21(30)15-6-4-13(11-18(15)24)20(29)28-22-26-9-10-31-22;22-17-7-5-14(10-16(17)19-3-1-2-8-24-19)27-21(31)15-6-4-13(9-18(15)23)20(30)28-29-11-25-26-12-29/h1-12H,(H,28,31)(H2,26,27,29,30);1-12H,(H,27,30)(H,28,29);1-8,11-12H,9-10H2,(H,27,30)(H,26,28,29);1-12H,(H,27,31)(H,28,30). The first-order chi connectivity index (χ1) is 60.0. The molecule has 0 radical (unpaired) electrons. The zero-order valence-corrected chi connectivity index (χ0v) is 70.4. The number of nitrogens with one attached hydrogen (secondary N) is 9. The second-order valence-electron chi connectivity index (χ2n) is 25.8. The van der Waals surface area contributed by atoms with Gasteiger partial charge in [-0.15, -0.1) is 10.2 Å². The van der Waals surface area contributed by atoms with Gasteiger partial charge in [0, 0.05) is 116 Å². The van der Waals surface area contributed by atoms with Crippen molar-refractivity contribution < 1.29 is 42.9 Å². The lowest BCUT2D eigenvalue weighted by atomic mass is 10.1. The normalized spacial score (nSPS) is 11.1. The van der Waals surface area contributed by atoms with E-state index in [0.717, 1.165) is 5.75 Å². The molecule has 9 N–H and O–H groups in total. The second kappa shape index (κ2) is 42.0. The van der Waals surface area contributed by atoms with E-state index in [1.807, 2.05) is 60.7 Å². The Balaban J connectivity index is 0.000000142. The number of halogens is 8. The fraction of sp³-hybridized carbons (Fsp3) is 0.0230. The van der Waals surface area contributed by atoms with Crippen molar-refractivity contribution in [1.82, 2.24) is 55.3 Å². The maximum Gasteiger partial charge on any atom is 0.270 e. The van der Waals surface area contributed by atoms with Gasteiger partial charge in [0.15, 0.2) is 5.17 Å². The van der Waals surface area contributed by atoms with Gasteiger partial charge in [0.25, 0.3) is 47.3 Å². The number of hydrogen-bond acceptors (Lipinski definition) is 19. The molecule has 0 atom stereocenters. The molecule has 0 unspecified atom stereocenters. The first kappa shape index (κ1) is 87.8. The molecule has 7 aromatic heterocycles. The molecule has 8 aromatic carbocycles. The van der Waals surface area contributed by atoms with Crippen LogP contribution in [0, 0.1) is 0 Å². The molecular formula is C87H59Cl8N19O9S. The summed E-state index contributed by atoms with van der Waals surface area (Å²) < 4.78 is 6.14. The number of aliphatic imine (C=N–C) groups is 1. The predicted molar refractivity (Wildman–Crippen MR) is 483 cm³/mol. The fourth-order valence-corrected chi connectivity index (χ4v) is 14.1. The Morgan fingerprint density at radius 3 is 1.00 bits per heavy atom. The topological polar surface area (TPSA) is 382 Å². The van der Waals surface area contributed by atoms with Crippen LogP contribution < -0.4 is 42.6 Å². The molecule has 16 rings (SSSR count). The van der Waals surface area contributed by atoms with Crippen LogP contribution in [0.15, 0.2) is 290 Å². The van der Waals surface area contributed by atoms with E-state index >= 15 is 0 Å². The Hall–Kier alpha value is -14.0. The monoisotopic (exact) mass is 1830 g/mol. The Morgan fingerprint density at radius 1 is 0.339 bits per heavy atom. The largest absolute Gasteiger partial charge is 0.338 e. The van der Waals surface area contributed by atoms with Gasteiger partial charge < -0.3 is 36.1 Å². The van der Waals surface area contributed by atoms with Crippen molar-refractivity contribution in [3.8, 4) is 45.0 Å². The molecule has 28 nitrogen and oxygen atoms in total. The predicted octanol–water partition coefficient (Wildman–Crippen LogP) is 20.3. The molecule has 124 heavy (non-hydrogen) atoms. The minimum atomic E-state index is -0.441. The van der Waals surface area contributed by atoms with Crippen molar-refractivity contribution >= 4 is 192 Å². The van der Waals surface area contributed by atoms with Gasteiger partial charge in [-0.3, -0.25) is 79.3 Å². The highest BCUT2D eigenvalue weighted by Gasteiger charge is 2.23. The van der Waals surface area contributed by atoms with Crippen LogP contribution in [0.5, 0.6) is 0 Å². The van der Waals surface area contributed by atoms with Crippen molar-refractivity contribution in [2.45, 2.75) is 0 Å². The van der Waals surface area contributed by atoms with Gasteiger partial charge in [0.1, 0.15) is 12.7 Å². The molecule has 1 aliphatic heterocycles. The molecule has 0 saturated carbocycles. The zero-order chi connectivity index (χ0) is 87.2. The summed E-state index contributed by atoms with van der Waals surface area (Å²) in [5.74, 6) is -1.90. The van der Waals surface area contributed by atoms with Crippen LogP contribution in [-0.2, 0) is 0 Å². The van der Waals surface area contributed by atoms with Gasteiger partial charge >= 0.3 is 0 Å². The third-order valence-electron chi connectivity index (χ3n) is 17.4. The molecule has 0 bridgehead atoms. The highest BCUT2D eigenvalue weighted by molar-refractivity contribution is 8.14.